The number of sulfonamides is 1. The summed E-state index contributed by atoms with van der Waals surface area (Å²) in [5, 5.41) is 0. The van der Waals surface area contributed by atoms with Crippen LogP contribution >= 0.6 is 0 Å². The van der Waals surface area contributed by atoms with Crippen LogP contribution in [0.3, 0.4) is 0 Å². The van der Waals surface area contributed by atoms with Gasteiger partial charge in [-0.1, -0.05) is 32.4 Å². The Morgan fingerprint density at radius 1 is 1.19 bits per heavy atom. The van der Waals surface area contributed by atoms with Crippen molar-refractivity contribution in [2.24, 2.45) is 5.92 Å². The van der Waals surface area contributed by atoms with E-state index >= 15 is 0 Å². The number of hydrogen-bond donors (Lipinski definition) is 2. The lowest BCUT2D eigenvalue weighted by Gasteiger charge is -2.17. The van der Waals surface area contributed by atoms with Gasteiger partial charge in [-0.25, -0.2) is 17.9 Å². The normalized spacial score (nSPS) is 13.6. The Morgan fingerprint density at radius 3 is 2.68 bits per heavy atom. The molecular weight excluding hydrogens is 422 g/mol. The Kier molecular flexibility index (Phi) is 9.47. The zero-order valence-corrected chi connectivity index (χ0v) is 19.0. The van der Waals surface area contributed by atoms with Crippen LogP contribution in [0.4, 0.5) is 0 Å². The van der Waals surface area contributed by atoms with Crippen molar-refractivity contribution in [2.75, 3.05) is 19.0 Å². The third kappa shape index (κ3) is 8.68. The molecule has 9 nitrogen and oxygen atoms in total. The predicted octanol–water partition coefficient (Wildman–Crippen LogP) is 2.01. The van der Waals surface area contributed by atoms with Gasteiger partial charge >= 0.3 is 5.69 Å². The molecule has 1 aromatic carbocycles. The minimum absolute atomic E-state index is 0.0665. The Hall–Kier alpha value is -2.43. The lowest BCUT2D eigenvalue weighted by atomic mass is 10.1. The molecule has 0 amide bonds. The second-order valence-electron chi connectivity index (χ2n) is 7.53. The molecule has 0 spiro atoms. The molecule has 172 valence electrons. The minimum atomic E-state index is -3.52. The van der Waals surface area contributed by atoms with Crippen molar-refractivity contribution in [1.82, 2.24) is 14.3 Å². The van der Waals surface area contributed by atoms with Crippen molar-refractivity contribution in [2.45, 2.75) is 46.4 Å². The summed E-state index contributed by atoms with van der Waals surface area (Å²) < 4.78 is 39.7. The fraction of sp³-hybridized carbons (Fsp3) is 0.524. The molecule has 1 heterocycles. The first-order chi connectivity index (χ1) is 14.7. The second-order valence-corrected chi connectivity index (χ2v) is 9.40. The van der Waals surface area contributed by atoms with Gasteiger partial charge in [0, 0.05) is 24.9 Å². The maximum absolute atomic E-state index is 12.4. The Bertz CT molecular complexity index is 1050. The fourth-order valence-electron chi connectivity index (χ4n) is 2.69. The summed E-state index contributed by atoms with van der Waals surface area (Å²) in [5.41, 5.74) is -0.245. The van der Waals surface area contributed by atoms with Gasteiger partial charge in [-0.05, 0) is 37.0 Å². The van der Waals surface area contributed by atoms with Crippen LogP contribution in [-0.4, -0.2) is 36.9 Å². The van der Waals surface area contributed by atoms with Gasteiger partial charge < -0.3 is 9.47 Å². The number of aromatic amines is 1. The molecule has 1 aromatic heterocycles. The van der Waals surface area contributed by atoms with E-state index < -0.39 is 27.3 Å². The number of benzene rings is 1. The summed E-state index contributed by atoms with van der Waals surface area (Å²) >= 11 is 0. The lowest BCUT2D eigenvalue weighted by molar-refractivity contribution is 0.0744. The van der Waals surface area contributed by atoms with E-state index in [9.17, 15) is 18.0 Å². The lowest BCUT2D eigenvalue weighted by Crippen LogP contribution is -2.30. The highest BCUT2D eigenvalue weighted by Gasteiger charge is 2.16. The van der Waals surface area contributed by atoms with E-state index in [0.29, 0.717) is 12.5 Å². The molecule has 1 unspecified atom stereocenters. The van der Waals surface area contributed by atoms with Crippen molar-refractivity contribution in [1.29, 1.82) is 0 Å². The van der Waals surface area contributed by atoms with Crippen LogP contribution in [0.2, 0.25) is 0 Å². The molecule has 0 radical (unpaired) electrons. The summed E-state index contributed by atoms with van der Waals surface area (Å²) in [7, 11) is -3.52. The van der Waals surface area contributed by atoms with E-state index in [4.69, 9.17) is 9.47 Å². The van der Waals surface area contributed by atoms with Crippen LogP contribution in [0.15, 0.2) is 46.1 Å². The van der Waals surface area contributed by atoms with Gasteiger partial charge in [0.05, 0.1) is 12.4 Å². The van der Waals surface area contributed by atoms with E-state index in [1.165, 1.54) is 16.8 Å². The van der Waals surface area contributed by atoms with Gasteiger partial charge in [-0.15, -0.1) is 0 Å². The van der Waals surface area contributed by atoms with Gasteiger partial charge in [0.1, 0.15) is 12.5 Å². The van der Waals surface area contributed by atoms with Crippen molar-refractivity contribution in [3.8, 4) is 5.75 Å². The van der Waals surface area contributed by atoms with Crippen LogP contribution in [0.1, 0.15) is 45.2 Å². The fourth-order valence-corrected chi connectivity index (χ4v) is 3.98. The Labute approximate surface area is 182 Å². The van der Waals surface area contributed by atoms with Crippen LogP contribution in [-0.2, 0) is 21.5 Å². The molecule has 0 aliphatic rings. The highest BCUT2D eigenvalue weighted by molar-refractivity contribution is 7.89. The average Bonchev–Trinajstić information content (AvgIpc) is 2.73. The zero-order valence-electron chi connectivity index (χ0n) is 18.2. The number of hydrogen-bond acceptors (Lipinski definition) is 6. The molecule has 0 bridgehead atoms. The predicted molar refractivity (Wildman–Crippen MR) is 119 cm³/mol. The molecule has 0 aliphatic carbocycles. The van der Waals surface area contributed by atoms with Gasteiger partial charge in [-0.2, -0.15) is 0 Å². The van der Waals surface area contributed by atoms with Crippen molar-refractivity contribution < 1.29 is 17.9 Å². The minimum Gasteiger partial charge on any atom is -0.493 e. The molecule has 0 saturated heterocycles. The molecule has 2 rings (SSSR count). The van der Waals surface area contributed by atoms with Crippen molar-refractivity contribution in [3.05, 3.63) is 62.9 Å². The van der Waals surface area contributed by atoms with Crippen LogP contribution in [0, 0.1) is 5.92 Å². The first kappa shape index (κ1) is 24.8. The molecule has 0 saturated carbocycles. The van der Waals surface area contributed by atoms with Gasteiger partial charge in [0.2, 0.25) is 10.0 Å². The van der Waals surface area contributed by atoms with Crippen LogP contribution < -0.4 is 20.7 Å². The molecule has 2 atom stereocenters. The first-order valence-electron chi connectivity index (χ1n) is 10.3. The summed E-state index contributed by atoms with van der Waals surface area (Å²) in [6.07, 6.45) is 2.61. The standard InChI is InChI=1S/C21H31N3O6S/c1-4-16(2)14-30-19-8-5-7-18(13-19)17(3)23-31(27,28)12-6-11-29-15-24-10-9-20(25)22-21(24)26/h5,7-10,13,16-17,23H,4,6,11-12,14-15H2,1-3H3,(H,22,25,26)/t16?,17-/m1/s1. The number of rotatable bonds is 13. The van der Waals surface area contributed by atoms with Crippen LogP contribution in [0.25, 0.3) is 0 Å². The summed E-state index contributed by atoms with van der Waals surface area (Å²) in [5.74, 6) is 1.06. The molecule has 2 N–H and O–H groups in total. The zero-order chi connectivity index (χ0) is 22.9. The third-order valence-corrected chi connectivity index (χ3v) is 6.31. The highest BCUT2D eigenvalue weighted by atomic mass is 32.2. The van der Waals surface area contributed by atoms with Crippen molar-refractivity contribution >= 4 is 10.0 Å². The summed E-state index contributed by atoms with van der Waals surface area (Å²) in [6, 6.07) is 8.22. The van der Waals surface area contributed by atoms with E-state index in [1.54, 1.807) is 6.92 Å². The van der Waals surface area contributed by atoms with E-state index in [-0.39, 0.29) is 25.5 Å². The maximum Gasteiger partial charge on any atom is 0.330 e. The smallest absolute Gasteiger partial charge is 0.330 e. The first-order valence-corrected chi connectivity index (χ1v) is 12.0. The van der Waals surface area contributed by atoms with Gasteiger partial charge in [-0.3, -0.25) is 14.3 Å². The Balaban J connectivity index is 1.79. The quantitative estimate of drug-likeness (QED) is 0.448. The topological polar surface area (TPSA) is 119 Å². The Morgan fingerprint density at radius 2 is 1.97 bits per heavy atom. The maximum atomic E-state index is 12.4. The number of ether oxygens (including phenoxy) is 2. The number of aromatic nitrogens is 2. The van der Waals surface area contributed by atoms with Crippen LogP contribution in [0.5, 0.6) is 5.75 Å². The second kappa shape index (κ2) is 11.8. The monoisotopic (exact) mass is 453 g/mol. The molecule has 10 heteroatoms. The molecule has 2 aromatic rings. The van der Waals surface area contributed by atoms with E-state index in [1.807, 2.05) is 24.3 Å². The number of nitrogens with zero attached hydrogens (tertiary/aromatic N) is 1. The molecule has 31 heavy (non-hydrogen) atoms. The number of nitrogens with one attached hydrogen (secondary N) is 2. The molecule has 0 fully saturated rings. The van der Waals surface area contributed by atoms with Crippen molar-refractivity contribution in [3.63, 3.8) is 0 Å². The number of H-pyrrole nitrogens is 1. The van der Waals surface area contributed by atoms with E-state index in [2.05, 4.69) is 23.6 Å². The largest absolute Gasteiger partial charge is 0.493 e. The SMILES string of the molecule is CCC(C)COc1cccc([C@@H](C)NS(=O)(=O)CCCOCn2ccc(=O)[nH]c2=O)c1. The summed E-state index contributed by atoms with van der Waals surface area (Å²) in [4.78, 5) is 24.7. The van der Waals surface area contributed by atoms with Gasteiger partial charge in [0.25, 0.3) is 5.56 Å². The van der Waals surface area contributed by atoms with Gasteiger partial charge in [0.15, 0.2) is 0 Å². The molecular formula is C21H31N3O6S. The average molecular weight is 454 g/mol. The third-order valence-electron chi connectivity index (χ3n) is 4.77. The molecule has 0 aliphatic heterocycles. The highest BCUT2D eigenvalue weighted by Crippen LogP contribution is 2.20. The van der Waals surface area contributed by atoms with E-state index in [0.717, 1.165) is 17.7 Å². The summed E-state index contributed by atoms with van der Waals surface area (Å²) in [6.45, 7) is 6.71.